The van der Waals surface area contributed by atoms with Crippen molar-refractivity contribution in [2.45, 2.75) is 18.9 Å². The quantitative estimate of drug-likeness (QED) is 0.858. The van der Waals surface area contributed by atoms with Crippen LogP contribution in [0.15, 0.2) is 22.7 Å². The molecule has 0 bridgehead atoms. The Morgan fingerprint density at radius 2 is 2.29 bits per heavy atom. The van der Waals surface area contributed by atoms with Crippen molar-refractivity contribution in [1.82, 2.24) is 0 Å². The molecule has 1 aromatic carbocycles. The second-order valence-corrected chi connectivity index (χ2v) is 4.87. The Morgan fingerprint density at radius 3 is 2.94 bits per heavy atom. The zero-order chi connectivity index (χ0) is 12.4. The molecule has 0 aromatic heterocycles. The third kappa shape index (κ3) is 2.33. The van der Waals surface area contributed by atoms with Gasteiger partial charge in [-0.05, 0) is 47.0 Å². The molecule has 1 atom stereocenters. The number of benzene rings is 1. The van der Waals surface area contributed by atoms with Crippen molar-refractivity contribution in [1.29, 1.82) is 5.26 Å². The third-order valence-corrected chi connectivity index (χ3v) is 3.48. The lowest BCUT2D eigenvalue weighted by atomic mass is 10.0. The van der Waals surface area contributed by atoms with Gasteiger partial charge in [-0.15, -0.1) is 0 Å². The average Bonchev–Trinajstić information content (AvgIpc) is 2.33. The zero-order valence-electron chi connectivity index (χ0n) is 9.19. The van der Waals surface area contributed by atoms with Crippen LogP contribution in [-0.4, -0.2) is 18.5 Å². The minimum Gasteiger partial charge on any atom is -0.320 e. The Labute approximate surface area is 108 Å². The third-order valence-electron chi connectivity index (χ3n) is 2.85. The summed E-state index contributed by atoms with van der Waals surface area (Å²) in [7, 11) is 0. The minimum absolute atomic E-state index is 0.0540. The number of rotatable bonds is 1. The van der Waals surface area contributed by atoms with E-state index in [4.69, 9.17) is 11.0 Å². The SMILES string of the molecule is N#Cc1ccc(N2CCCC(N)C2=O)c(Br)c1. The lowest BCUT2D eigenvalue weighted by Crippen LogP contribution is -2.48. The summed E-state index contributed by atoms with van der Waals surface area (Å²) in [6, 6.07) is 6.84. The lowest BCUT2D eigenvalue weighted by molar-refractivity contribution is -0.120. The molecular weight excluding hydrogens is 282 g/mol. The predicted octanol–water partition coefficient (Wildman–Crippen LogP) is 1.77. The number of hydrogen-bond donors (Lipinski definition) is 1. The summed E-state index contributed by atoms with van der Waals surface area (Å²) in [6.45, 7) is 0.678. The van der Waals surface area contributed by atoms with E-state index in [2.05, 4.69) is 22.0 Å². The van der Waals surface area contributed by atoms with Gasteiger partial charge in [0.2, 0.25) is 5.91 Å². The molecule has 1 fully saturated rings. The van der Waals surface area contributed by atoms with Gasteiger partial charge in [0.1, 0.15) is 0 Å². The summed E-state index contributed by atoms with van der Waals surface area (Å²) in [6.07, 6.45) is 1.64. The van der Waals surface area contributed by atoms with Crippen LogP contribution in [-0.2, 0) is 4.79 Å². The van der Waals surface area contributed by atoms with E-state index >= 15 is 0 Å². The van der Waals surface area contributed by atoms with Gasteiger partial charge >= 0.3 is 0 Å². The van der Waals surface area contributed by atoms with Crippen LogP contribution < -0.4 is 10.6 Å². The molecule has 4 nitrogen and oxygen atoms in total. The van der Waals surface area contributed by atoms with Gasteiger partial charge in [0.25, 0.3) is 0 Å². The highest BCUT2D eigenvalue weighted by Crippen LogP contribution is 2.29. The van der Waals surface area contributed by atoms with Crippen molar-refractivity contribution in [3.63, 3.8) is 0 Å². The first-order valence-corrected chi connectivity index (χ1v) is 6.19. The van der Waals surface area contributed by atoms with Gasteiger partial charge in [0, 0.05) is 11.0 Å². The van der Waals surface area contributed by atoms with Crippen LogP contribution in [0.4, 0.5) is 5.69 Å². The van der Waals surface area contributed by atoms with Gasteiger partial charge in [0.15, 0.2) is 0 Å². The van der Waals surface area contributed by atoms with Gasteiger partial charge in [-0.25, -0.2) is 0 Å². The van der Waals surface area contributed by atoms with Crippen LogP contribution in [0.25, 0.3) is 0 Å². The fraction of sp³-hybridized carbons (Fsp3) is 0.333. The summed E-state index contributed by atoms with van der Waals surface area (Å²) in [5.41, 5.74) is 7.10. The number of carbonyl (C=O) groups excluding carboxylic acids is 1. The van der Waals surface area contributed by atoms with Crippen LogP contribution >= 0.6 is 15.9 Å². The molecule has 1 unspecified atom stereocenters. The fourth-order valence-corrected chi connectivity index (χ4v) is 2.53. The molecule has 0 saturated carbocycles. The van der Waals surface area contributed by atoms with Crippen LogP contribution in [0, 0.1) is 11.3 Å². The minimum atomic E-state index is -0.411. The number of nitrogens with two attached hydrogens (primary N) is 1. The van der Waals surface area contributed by atoms with Gasteiger partial charge in [-0.3, -0.25) is 4.79 Å². The fourth-order valence-electron chi connectivity index (χ4n) is 1.94. The molecule has 1 saturated heterocycles. The zero-order valence-corrected chi connectivity index (χ0v) is 10.8. The van der Waals surface area contributed by atoms with E-state index in [1.54, 1.807) is 23.1 Å². The van der Waals surface area contributed by atoms with Gasteiger partial charge in [0.05, 0.1) is 23.4 Å². The highest BCUT2D eigenvalue weighted by atomic mass is 79.9. The largest absolute Gasteiger partial charge is 0.320 e. The summed E-state index contributed by atoms with van der Waals surface area (Å²) in [5.74, 6) is -0.0540. The number of carbonyl (C=O) groups is 1. The molecule has 2 rings (SSSR count). The normalized spacial score (nSPS) is 20.2. The summed E-state index contributed by atoms with van der Waals surface area (Å²) in [5, 5.41) is 8.79. The van der Waals surface area contributed by atoms with Crippen LogP contribution in [0.2, 0.25) is 0 Å². The number of nitriles is 1. The highest BCUT2D eigenvalue weighted by Gasteiger charge is 2.27. The molecule has 1 amide bonds. The average molecular weight is 294 g/mol. The molecule has 0 spiro atoms. The second-order valence-electron chi connectivity index (χ2n) is 4.02. The predicted molar refractivity (Wildman–Crippen MR) is 68.4 cm³/mol. The Kier molecular flexibility index (Phi) is 3.46. The molecule has 1 heterocycles. The summed E-state index contributed by atoms with van der Waals surface area (Å²) < 4.78 is 0.749. The Hall–Kier alpha value is -1.38. The smallest absolute Gasteiger partial charge is 0.243 e. The van der Waals surface area contributed by atoms with Crippen molar-refractivity contribution in [2.75, 3.05) is 11.4 Å². The number of nitrogens with zero attached hydrogens (tertiary/aromatic N) is 2. The number of hydrogen-bond acceptors (Lipinski definition) is 3. The standard InChI is InChI=1S/C12H12BrN3O/c13-9-6-8(7-14)3-4-11(9)16-5-1-2-10(15)12(16)17/h3-4,6,10H,1-2,5,15H2. The summed E-state index contributed by atoms with van der Waals surface area (Å²) >= 11 is 3.39. The first-order chi connectivity index (χ1) is 8.13. The van der Waals surface area contributed by atoms with Crippen LogP contribution in [0.1, 0.15) is 18.4 Å². The van der Waals surface area contributed by atoms with Crippen LogP contribution in [0.3, 0.4) is 0 Å². The topological polar surface area (TPSA) is 70.1 Å². The Morgan fingerprint density at radius 1 is 1.53 bits per heavy atom. The molecular formula is C12H12BrN3O. The van der Waals surface area contributed by atoms with E-state index in [-0.39, 0.29) is 5.91 Å². The number of halogens is 1. The molecule has 17 heavy (non-hydrogen) atoms. The molecule has 0 aliphatic carbocycles. The van der Waals surface area contributed by atoms with Crippen molar-refractivity contribution < 1.29 is 4.79 Å². The molecule has 88 valence electrons. The maximum absolute atomic E-state index is 11.9. The lowest BCUT2D eigenvalue weighted by Gasteiger charge is -2.31. The molecule has 0 radical (unpaired) electrons. The van der Waals surface area contributed by atoms with Gasteiger partial charge in [-0.2, -0.15) is 5.26 Å². The second kappa shape index (κ2) is 4.86. The van der Waals surface area contributed by atoms with Crippen molar-refractivity contribution in [3.8, 4) is 6.07 Å². The van der Waals surface area contributed by atoms with Gasteiger partial charge in [-0.1, -0.05) is 0 Å². The molecule has 1 aromatic rings. The van der Waals surface area contributed by atoms with E-state index < -0.39 is 6.04 Å². The Bertz CT molecular complexity index is 495. The number of piperidine rings is 1. The van der Waals surface area contributed by atoms with E-state index in [1.807, 2.05) is 0 Å². The molecule has 1 aliphatic heterocycles. The first kappa shape index (κ1) is 12.1. The summed E-state index contributed by atoms with van der Waals surface area (Å²) in [4.78, 5) is 13.6. The molecule has 5 heteroatoms. The monoisotopic (exact) mass is 293 g/mol. The maximum Gasteiger partial charge on any atom is 0.243 e. The van der Waals surface area contributed by atoms with E-state index in [1.165, 1.54) is 0 Å². The van der Waals surface area contributed by atoms with E-state index in [0.29, 0.717) is 12.1 Å². The van der Waals surface area contributed by atoms with Crippen molar-refractivity contribution in [2.24, 2.45) is 5.73 Å². The van der Waals surface area contributed by atoms with E-state index in [9.17, 15) is 4.79 Å². The number of anilines is 1. The van der Waals surface area contributed by atoms with Crippen molar-refractivity contribution in [3.05, 3.63) is 28.2 Å². The highest BCUT2D eigenvalue weighted by molar-refractivity contribution is 9.10. The maximum atomic E-state index is 11.9. The molecule has 2 N–H and O–H groups in total. The van der Waals surface area contributed by atoms with Crippen molar-refractivity contribution >= 4 is 27.5 Å². The molecule has 1 aliphatic rings. The van der Waals surface area contributed by atoms with Gasteiger partial charge < -0.3 is 10.6 Å². The van der Waals surface area contributed by atoms with Crippen LogP contribution in [0.5, 0.6) is 0 Å². The van der Waals surface area contributed by atoms with E-state index in [0.717, 1.165) is 23.0 Å². The number of amides is 1. The Balaban J connectivity index is 2.34. The first-order valence-electron chi connectivity index (χ1n) is 5.40.